The van der Waals surface area contributed by atoms with Gasteiger partial charge in [-0.25, -0.2) is 0 Å². The number of amides is 1. The number of nitrogens with one attached hydrogen (secondary N) is 2. The highest BCUT2D eigenvalue weighted by Gasteiger charge is 2.10. The van der Waals surface area contributed by atoms with Crippen molar-refractivity contribution < 1.29 is 14.4 Å². The van der Waals surface area contributed by atoms with Crippen LogP contribution in [0.2, 0.25) is 0 Å². The Morgan fingerprint density at radius 1 is 1.18 bits per heavy atom. The number of halogens is 1. The number of rotatable bonds is 7. The molecule has 0 aliphatic carbocycles. The maximum Gasteiger partial charge on any atom is 0.279 e. The molecule has 1 atom stereocenters. The molecule has 4 nitrogen and oxygen atoms in total. The molecule has 0 fully saturated rings. The Balaban J connectivity index is 1.70. The minimum absolute atomic E-state index is 0.0132. The molecular weight excluding hydrogens is 391 g/mol. The van der Waals surface area contributed by atoms with Gasteiger partial charge >= 0.3 is 0 Å². The van der Waals surface area contributed by atoms with Crippen LogP contribution in [0.15, 0.2) is 54.6 Å². The van der Waals surface area contributed by atoms with E-state index in [1.54, 1.807) is 0 Å². The Kier molecular flexibility index (Phi) is 6.67. The molecule has 2 rings (SSSR count). The summed E-state index contributed by atoms with van der Waals surface area (Å²) in [7, 11) is 1.99. The van der Waals surface area contributed by atoms with Gasteiger partial charge in [0.15, 0.2) is 6.54 Å². The van der Waals surface area contributed by atoms with E-state index in [-0.39, 0.29) is 5.91 Å². The summed E-state index contributed by atoms with van der Waals surface area (Å²) in [4.78, 5) is 13.1. The lowest BCUT2D eigenvalue weighted by Crippen LogP contribution is -3.10. The fourth-order valence-electron chi connectivity index (χ4n) is 1.99. The summed E-state index contributed by atoms with van der Waals surface area (Å²) in [6.45, 7) is 1.78. The van der Waals surface area contributed by atoms with Crippen molar-refractivity contribution in [3.05, 3.63) is 58.2 Å². The van der Waals surface area contributed by atoms with Crippen LogP contribution in [-0.2, 0) is 4.79 Å². The number of hydrogen-bond acceptors (Lipinski definition) is 2. The maximum atomic E-state index is 12.0. The average molecular weight is 411 g/mol. The molecule has 2 N–H and O–H groups in total. The number of hydrogen-bond donors (Lipinski definition) is 2. The van der Waals surface area contributed by atoms with Crippen LogP contribution in [0.5, 0.6) is 5.75 Å². The summed E-state index contributed by atoms with van der Waals surface area (Å²) in [5.41, 5.74) is 0.838. The first kappa shape index (κ1) is 16.8. The van der Waals surface area contributed by atoms with E-state index < -0.39 is 0 Å². The third-order valence-electron chi connectivity index (χ3n) is 3.11. The monoisotopic (exact) mass is 411 g/mol. The van der Waals surface area contributed by atoms with Gasteiger partial charge < -0.3 is 15.0 Å². The molecule has 0 aliphatic heterocycles. The van der Waals surface area contributed by atoms with Crippen LogP contribution in [0.1, 0.15) is 0 Å². The van der Waals surface area contributed by atoms with Crippen molar-refractivity contribution in [2.75, 3.05) is 32.1 Å². The van der Waals surface area contributed by atoms with Crippen molar-refractivity contribution in [2.24, 2.45) is 0 Å². The number of benzene rings is 2. The van der Waals surface area contributed by atoms with Crippen LogP contribution < -0.4 is 15.0 Å². The molecule has 0 spiro atoms. The molecule has 0 aliphatic rings. The van der Waals surface area contributed by atoms with Crippen LogP contribution in [0.3, 0.4) is 0 Å². The van der Waals surface area contributed by atoms with Crippen molar-refractivity contribution in [1.82, 2.24) is 0 Å². The quantitative estimate of drug-likeness (QED) is 0.683. The van der Waals surface area contributed by atoms with Gasteiger partial charge in [0.2, 0.25) is 0 Å². The fraction of sp³-hybridized carbons (Fsp3) is 0.235. The standard InChI is InChI=1S/C17H19IN2O2/c1-20(10-11-22-16-8-3-2-4-9-16)13-17(21)19-15-7-5-6-14(18)12-15/h2-9,12H,10-11,13H2,1H3,(H,19,21)/p+1. The van der Waals surface area contributed by atoms with Crippen molar-refractivity contribution in [1.29, 1.82) is 0 Å². The molecule has 1 unspecified atom stereocenters. The molecule has 22 heavy (non-hydrogen) atoms. The van der Waals surface area contributed by atoms with Crippen LogP contribution in [-0.4, -0.2) is 32.7 Å². The third kappa shape index (κ3) is 6.03. The topological polar surface area (TPSA) is 42.8 Å². The van der Waals surface area contributed by atoms with E-state index in [1.807, 2.05) is 61.6 Å². The summed E-state index contributed by atoms with van der Waals surface area (Å²) in [5, 5.41) is 2.92. The van der Waals surface area contributed by atoms with Gasteiger partial charge in [-0.15, -0.1) is 0 Å². The first-order valence-electron chi connectivity index (χ1n) is 7.18. The van der Waals surface area contributed by atoms with Gasteiger partial charge in [-0.05, 0) is 52.9 Å². The predicted octanol–water partition coefficient (Wildman–Crippen LogP) is 1.82. The Morgan fingerprint density at radius 3 is 2.68 bits per heavy atom. The van der Waals surface area contributed by atoms with Crippen molar-refractivity contribution in [3.8, 4) is 5.75 Å². The summed E-state index contributed by atoms with van der Waals surface area (Å²) in [6, 6.07) is 17.5. The Labute approximate surface area is 144 Å². The maximum absolute atomic E-state index is 12.0. The SMILES string of the molecule is C[NH+](CCOc1ccccc1)CC(=O)Nc1cccc(I)c1. The highest BCUT2D eigenvalue weighted by atomic mass is 127. The zero-order chi connectivity index (χ0) is 15.8. The molecule has 116 valence electrons. The number of para-hydroxylation sites is 1. The van der Waals surface area contributed by atoms with Crippen molar-refractivity contribution in [2.45, 2.75) is 0 Å². The van der Waals surface area contributed by atoms with E-state index in [4.69, 9.17) is 4.74 Å². The number of carbonyl (C=O) groups excluding carboxylic acids is 1. The van der Waals surface area contributed by atoms with Crippen LogP contribution in [0.25, 0.3) is 0 Å². The van der Waals surface area contributed by atoms with Crippen LogP contribution in [0.4, 0.5) is 5.69 Å². The minimum Gasteiger partial charge on any atom is -0.488 e. The number of likely N-dealkylation sites (N-methyl/N-ethyl adjacent to an activating group) is 1. The second kappa shape index (κ2) is 8.75. The van der Waals surface area contributed by atoms with Gasteiger partial charge in [0.05, 0.1) is 7.05 Å². The van der Waals surface area contributed by atoms with Gasteiger partial charge in [0.25, 0.3) is 5.91 Å². The molecule has 0 bridgehead atoms. The first-order valence-corrected chi connectivity index (χ1v) is 8.26. The predicted molar refractivity (Wildman–Crippen MR) is 96.3 cm³/mol. The molecule has 0 radical (unpaired) electrons. The number of quaternary nitrogens is 1. The summed E-state index contributed by atoms with van der Waals surface area (Å²) >= 11 is 2.23. The second-order valence-corrected chi connectivity index (χ2v) is 6.35. The first-order chi connectivity index (χ1) is 10.6. The Bertz CT molecular complexity index is 605. The largest absolute Gasteiger partial charge is 0.488 e. The third-order valence-corrected chi connectivity index (χ3v) is 3.78. The molecular formula is C17H20IN2O2+. The zero-order valence-electron chi connectivity index (χ0n) is 12.5. The number of ether oxygens (including phenoxy) is 1. The number of carbonyl (C=O) groups is 1. The summed E-state index contributed by atoms with van der Waals surface area (Å²) in [6.07, 6.45) is 0. The summed E-state index contributed by atoms with van der Waals surface area (Å²) in [5.74, 6) is 0.873. The molecule has 0 saturated heterocycles. The summed E-state index contributed by atoms with van der Waals surface area (Å²) < 4.78 is 6.74. The molecule has 1 amide bonds. The highest BCUT2D eigenvalue weighted by Crippen LogP contribution is 2.11. The molecule has 0 aromatic heterocycles. The average Bonchev–Trinajstić information content (AvgIpc) is 2.48. The molecule has 0 saturated carbocycles. The van der Waals surface area contributed by atoms with Crippen molar-refractivity contribution in [3.63, 3.8) is 0 Å². The van der Waals surface area contributed by atoms with Gasteiger partial charge in [-0.2, -0.15) is 0 Å². The minimum atomic E-state index is 0.0132. The van der Waals surface area contributed by atoms with Crippen LogP contribution >= 0.6 is 22.6 Å². The normalized spacial score (nSPS) is 11.7. The van der Waals surface area contributed by atoms with E-state index in [0.29, 0.717) is 13.2 Å². The lowest BCUT2D eigenvalue weighted by molar-refractivity contribution is -0.871. The lowest BCUT2D eigenvalue weighted by atomic mass is 10.3. The Hall–Kier alpha value is -1.60. The van der Waals surface area contributed by atoms with Gasteiger partial charge in [-0.1, -0.05) is 24.3 Å². The van der Waals surface area contributed by atoms with E-state index >= 15 is 0 Å². The second-order valence-electron chi connectivity index (χ2n) is 5.10. The zero-order valence-corrected chi connectivity index (χ0v) is 14.7. The van der Waals surface area contributed by atoms with Gasteiger partial charge in [0, 0.05) is 9.26 Å². The highest BCUT2D eigenvalue weighted by molar-refractivity contribution is 14.1. The van der Waals surface area contributed by atoms with Gasteiger partial charge in [-0.3, -0.25) is 4.79 Å². The van der Waals surface area contributed by atoms with E-state index in [9.17, 15) is 4.79 Å². The van der Waals surface area contributed by atoms with E-state index in [2.05, 4.69) is 27.9 Å². The van der Waals surface area contributed by atoms with Crippen molar-refractivity contribution >= 4 is 34.2 Å². The van der Waals surface area contributed by atoms with Gasteiger partial charge in [0.1, 0.15) is 18.9 Å². The smallest absolute Gasteiger partial charge is 0.279 e. The van der Waals surface area contributed by atoms with Crippen LogP contribution in [0, 0.1) is 3.57 Å². The Morgan fingerprint density at radius 2 is 1.95 bits per heavy atom. The van der Waals surface area contributed by atoms with E-state index in [0.717, 1.165) is 26.5 Å². The molecule has 2 aromatic rings. The lowest BCUT2D eigenvalue weighted by Gasteiger charge is -2.14. The van der Waals surface area contributed by atoms with E-state index in [1.165, 1.54) is 0 Å². The molecule has 0 heterocycles. The molecule has 2 aromatic carbocycles. The number of anilines is 1. The fourth-order valence-corrected chi connectivity index (χ4v) is 2.54. The molecule has 5 heteroatoms.